The van der Waals surface area contributed by atoms with Crippen molar-refractivity contribution in [2.75, 3.05) is 26.4 Å². The fraction of sp³-hybridized carbons (Fsp3) is 0.588. The van der Waals surface area contributed by atoms with Crippen molar-refractivity contribution in [2.24, 2.45) is 5.92 Å². The molecule has 4 heteroatoms. The molecule has 2 rings (SSSR count). The summed E-state index contributed by atoms with van der Waals surface area (Å²) in [5.41, 5.74) is 2.39. The quantitative estimate of drug-likeness (QED) is 0.711. The zero-order chi connectivity index (χ0) is 15.1. The van der Waals surface area contributed by atoms with Gasteiger partial charge in [-0.1, -0.05) is 6.07 Å². The lowest BCUT2D eigenvalue weighted by Gasteiger charge is -2.09. The number of hydrogen-bond donors (Lipinski definition) is 1. The van der Waals surface area contributed by atoms with Crippen LogP contribution in [0.15, 0.2) is 18.2 Å². The first-order valence-electron chi connectivity index (χ1n) is 7.69. The van der Waals surface area contributed by atoms with Crippen LogP contribution in [0.25, 0.3) is 0 Å². The summed E-state index contributed by atoms with van der Waals surface area (Å²) in [7, 11) is 0. The fourth-order valence-electron chi connectivity index (χ4n) is 1.94. The van der Waals surface area contributed by atoms with Crippen LogP contribution in [0.3, 0.4) is 0 Å². The second-order valence-electron chi connectivity index (χ2n) is 5.76. The fourth-order valence-corrected chi connectivity index (χ4v) is 1.94. The molecule has 0 aromatic heterocycles. The molecule has 0 atom stereocenters. The third-order valence-electron chi connectivity index (χ3n) is 3.69. The number of nitrogens with one attached hydrogen (secondary N) is 1. The number of aryl methyl sites for hydroxylation is 2. The first-order valence-corrected chi connectivity index (χ1v) is 7.69. The van der Waals surface area contributed by atoms with Crippen LogP contribution in [0.1, 0.15) is 30.4 Å². The van der Waals surface area contributed by atoms with Crippen LogP contribution in [-0.2, 0) is 9.53 Å². The largest absolute Gasteiger partial charge is 0.484 e. The maximum atomic E-state index is 11.6. The molecule has 1 aromatic rings. The van der Waals surface area contributed by atoms with Crippen molar-refractivity contribution < 1.29 is 14.3 Å². The summed E-state index contributed by atoms with van der Waals surface area (Å²) in [5.74, 6) is 1.45. The van der Waals surface area contributed by atoms with Gasteiger partial charge in [0.1, 0.15) is 5.75 Å². The van der Waals surface area contributed by atoms with E-state index in [4.69, 9.17) is 9.47 Å². The smallest absolute Gasteiger partial charge is 0.257 e. The Labute approximate surface area is 126 Å². The maximum Gasteiger partial charge on any atom is 0.257 e. The van der Waals surface area contributed by atoms with E-state index in [1.165, 1.54) is 24.0 Å². The van der Waals surface area contributed by atoms with E-state index < -0.39 is 0 Å². The molecule has 0 unspecified atom stereocenters. The highest BCUT2D eigenvalue weighted by Gasteiger charge is 2.20. The summed E-state index contributed by atoms with van der Waals surface area (Å²) in [6.45, 7) is 6.38. The second kappa shape index (κ2) is 8.03. The van der Waals surface area contributed by atoms with E-state index in [1.807, 2.05) is 25.1 Å². The van der Waals surface area contributed by atoms with Gasteiger partial charge < -0.3 is 14.8 Å². The molecule has 1 fully saturated rings. The van der Waals surface area contributed by atoms with Gasteiger partial charge in [-0.3, -0.25) is 4.79 Å². The molecule has 0 aliphatic heterocycles. The molecule has 21 heavy (non-hydrogen) atoms. The van der Waals surface area contributed by atoms with Gasteiger partial charge in [-0.05, 0) is 62.3 Å². The van der Waals surface area contributed by atoms with Crippen molar-refractivity contribution in [3.8, 4) is 5.75 Å². The van der Waals surface area contributed by atoms with Gasteiger partial charge >= 0.3 is 0 Å². The molecule has 1 aliphatic rings. The average molecular weight is 291 g/mol. The molecule has 1 amide bonds. The van der Waals surface area contributed by atoms with E-state index >= 15 is 0 Å². The van der Waals surface area contributed by atoms with Crippen molar-refractivity contribution >= 4 is 5.91 Å². The van der Waals surface area contributed by atoms with E-state index in [9.17, 15) is 4.79 Å². The van der Waals surface area contributed by atoms with Crippen LogP contribution in [-0.4, -0.2) is 32.3 Å². The van der Waals surface area contributed by atoms with Gasteiger partial charge in [0.2, 0.25) is 0 Å². The Bertz CT molecular complexity index is 469. The standard InChI is InChI=1S/C17H25NO3/c1-13-4-7-16(10-14(13)2)21-12-17(19)18-8-3-9-20-11-15-5-6-15/h4,7,10,15H,3,5-6,8-9,11-12H2,1-2H3,(H,18,19). The molecule has 1 aromatic carbocycles. The highest BCUT2D eigenvalue weighted by Crippen LogP contribution is 2.28. The number of carbonyl (C=O) groups excluding carboxylic acids is 1. The Balaban J connectivity index is 1.53. The van der Waals surface area contributed by atoms with E-state index in [1.54, 1.807) is 0 Å². The Morgan fingerprint density at radius 1 is 1.29 bits per heavy atom. The molecule has 1 N–H and O–H groups in total. The van der Waals surface area contributed by atoms with Crippen LogP contribution < -0.4 is 10.1 Å². The Morgan fingerprint density at radius 2 is 2.10 bits per heavy atom. The number of amides is 1. The minimum atomic E-state index is -0.0876. The molecule has 0 radical (unpaired) electrons. The summed E-state index contributed by atoms with van der Waals surface area (Å²) >= 11 is 0. The molecule has 1 saturated carbocycles. The second-order valence-corrected chi connectivity index (χ2v) is 5.76. The van der Waals surface area contributed by atoms with Crippen molar-refractivity contribution in [1.29, 1.82) is 0 Å². The Hall–Kier alpha value is -1.55. The average Bonchev–Trinajstić information content (AvgIpc) is 3.28. The summed E-state index contributed by atoms with van der Waals surface area (Å²) in [4.78, 5) is 11.6. The monoisotopic (exact) mass is 291 g/mol. The predicted molar refractivity (Wildman–Crippen MR) is 82.6 cm³/mol. The minimum absolute atomic E-state index is 0.0609. The Kier molecular flexibility index (Phi) is 6.05. The molecular formula is C17H25NO3. The maximum absolute atomic E-state index is 11.6. The predicted octanol–water partition coefficient (Wildman–Crippen LogP) is 2.62. The van der Waals surface area contributed by atoms with Gasteiger partial charge in [-0.15, -0.1) is 0 Å². The molecule has 0 saturated heterocycles. The van der Waals surface area contributed by atoms with Gasteiger partial charge in [0.05, 0.1) is 0 Å². The number of hydrogen-bond acceptors (Lipinski definition) is 3. The molecular weight excluding hydrogens is 266 g/mol. The number of carbonyl (C=O) groups is 1. The van der Waals surface area contributed by atoms with Gasteiger partial charge in [-0.25, -0.2) is 0 Å². The molecule has 0 bridgehead atoms. The summed E-state index contributed by atoms with van der Waals surface area (Å²) in [6.07, 6.45) is 3.47. The van der Waals surface area contributed by atoms with Gasteiger partial charge in [0.15, 0.2) is 6.61 Å². The Morgan fingerprint density at radius 3 is 2.81 bits per heavy atom. The molecule has 0 heterocycles. The molecule has 1 aliphatic carbocycles. The van der Waals surface area contributed by atoms with Gasteiger partial charge in [0.25, 0.3) is 5.91 Å². The van der Waals surface area contributed by atoms with Gasteiger partial charge in [0, 0.05) is 19.8 Å². The van der Waals surface area contributed by atoms with Crippen LogP contribution >= 0.6 is 0 Å². The third kappa shape index (κ3) is 6.17. The van der Waals surface area contributed by atoms with E-state index in [2.05, 4.69) is 12.2 Å². The van der Waals surface area contributed by atoms with E-state index in [0.29, 0.717) is 6.54 Å². The molecule has 4 nitrogen and oxygen atoms in total. The zero-order valence-electron chi connectivity index (χ0n) is 13.0. The van der Waals surface area contributed by atoms with Crippen molar-refractivity contribution in [3.63, 3.8) is 0 Å². The lowest BCUT2D eigenvalue weighted by Crippen LogP contribution is -2.30. The highest BCUT2D eigenvalue weighted by molar-refractivity contribution is 5.77. The van der Waals surface area contributed by atoms with Crippen molar-refractivity contribution in [2.45, 2.75) is 33.1 Å². The highest BCUT2D eigenvalue weighted by atomic mass is 16.5. The number of rotatable bonds is 9. The molecule has 116 valence electrons. The van der Waals surface area contributed by atoms with Crippen molar-refractivity contribution in [3.05, 3.63) is 29.3 Å². The normalized spacial score (nSPS) is 14.0. The lowest BCUT2D eigenvalue weighted by molar-refractivity contribution is -0.123. The van der Waals surface area contributed by atoms with E-state index in [0.717, 1.165) is 31.3 Å². The minimum Gasteiger partial charge on any atom is -0.484 e. The number of benzene rings is 1. The SMILES string of the molecule is Cc1ccc(OCC(=O)NCCCOCC2CC2)cc1C. The van der Waals surface area contributed by atoms with Crippen LogP contribution in [0.4, 0.5) is 0 Å². The summed E-state index contributed by atoms with van der Waals surface area (Å²) in [5, 5.41) is 2.84. The number of ether oxygens (including phenoxy) is 2. The first kappa shape index (κ1) is 15.8. The molecule has 0 spiro atoms. The first-order chi connectivity index (χ1) is 10.1. The lowest BCUT2D eigenvalue weighted by atomic mass is 10.1. The van der Waals surface area contributed by atoms with Crippen LogP contribution in [0.2, 0.25) is 0 Å². The summed E-state index contributed by atoms with van der Waals surface area (Å²) < 4.78 is 11.0. The van der Waals surface area contributed by atoms with E-state index in [-0.39, 0.29) is 12.5 Å². The summed E-state index contributed by atoms with van der Waals surface area (Å²) in [6, 6.07) is 5.84. The van der Waals surface area contributed by atoms with Crippen LogP contribution in [0, 0.1) is 19.8 Å². The van der Waals surface area contributed by atoms with Crippen molar-refractivity contribution in [1.82, 2.24) is 5.32 Å². The van der Waals surface area contributed by atoms with Gasteiger partial charge in [-0.2, -0.15) is 0 Å². The zero-order valence-corrected chi connectivity index (χ0v) is 13.0. The topological polar surface area (TPSA) is 47.6 Å². The third-order valence-corrected chi connectivity index (χ3v) is 3.69. The van der Waals surface area contributed by atoms with Crippen LogP contribution in [0.5, 0.6) is 5.75 Å².